The molecule has 146 valence electrons. The summed E-state index contributed by atoms with van der Waals surface area (Å²) in [7, 11) is 0. The first-order valence-electron chi connectivity index (χ1n) is 8.39. The molecule has 3 aromatic rings. The molecule has 0 saturated carbocycles. The van der Waals surface area contributed by atoms with Gasteiger partial charge in [0, 0.05) is 23.5 Å². The van der Waals surface area contributed by atoms with E-state index in [1.54, 1.807) is 56.4 Å². The number of aromatic nitrogens is 2. The maximum Gasteiger partial charge on any atom is 0.510 e. The second-order valence-electron chi connectivity index (χ2n) is 5.98. The molecule has 9 heteroatoms. The van der Waals surface area contributed by atoms with Crippen LogP contribution in [0.5, 0.6) is 0 Å². The smallest absolute Gasteiger partial charge is 0.432 e. The van der Waals surface area contributed by atoms with Gasteiger partial charge in [0.1, 0.15) is 11.4 Å². The number of halogens is 2. The van der Waals surface area contributed by atoms with Crippen LogP contribution in [0, 0.1) is 0 Å². The summed E-state index contributed by atoms with van der Waals surface area (Å²) in [4.78, 5) is 15.7. The van der Waals surface area contributed by atoms with Gasteiger partial charge in [0.15, 0.2) is 12.5 Å². The maximum absolute atomic E-state index is 11.4. The molecule has 1 aromatic carbocycles. The lowest BCUT2D eigenvalue weighted by Crippen LogP contribution is -2.17. The van der Waals surface area contributed by atoms with E-state index in [1.165, 1.54) is 0 Å². The van der Waals surface area contributed by atoms with Crippen LogP contribution in [0.1, 0.15) is 13.8 Å². The van der Waals surface area contributed by atoms with E-state index in [9.17, 15) is 4.79 Å². The van der Waals surface area contributed by atoms with Gasteiger partial charge in [-0.2, -0.15) is 0 Å². The number of hydrogen-bond acceptors (Lipinski definition) is 7. The van der Waals surface area contributed by atoms with Gasteiger partial charge >= 0.3 is 6.16 Å². The largest absolute Gasteiger partial charge is 0.510 e. The predicted molar refractivity (Wildman–Crippen MR) is 106 cm³/mol. The minimum atomic E-state index is -0.742. The summed E-state index contributed by atoms with van der Waals surface area (Å²) in [6.45, 7) is 3.43. The van der Waals surface area contributed by atoms with E-state index in [-0.39, 0.29) is 12.8 Å². The van der Waals surface area contributed by atoms with Gasteiger partial charge in [-0.15, -0.1) is 0 Å². The van der Waals surface area contributed by atoms with Crippen molar-refractivity contribution >= 4 is 35.0 Å². The molecule has 0 atom stereocenters. The number of ether oxygens (including phenoxy) is 2. The number of carbonyl (C=O) groups is 1. The first-order chi connectivity index (χ1) is 13.4. The Labute approximate surface area is 171 Å². The van der Waals surface area contributed by atoms with Crippen LogP contribution in [0.2, 0.25) is 10.0 Å². The lowest BCUT2D eigenvalue weighted by molar-refractivity contribution is 0.0390. The minimum Gasteiger partial charge on any atom is -0.432 e. The van der Waals surface area contributed by atoms with Crippen molar-refractivity contribution in [2.75, 3.05) is 12.0 Å². The van der Waals surface area contributed by atoms with Gasteiger partial charge in [-0.05, 0) is 38.1 Å². The second-order valence-corrected chi connectivity index (χ2v) is 6.80. The molecule has 0 amide bonds. The molecular formula is C19H17Cl2N3O4. The van der Waals surface area contributed by atoms with E-state index in [1.807, 2.05) is 0 Å². The molecule has 0 aliphatic carbocycles. The van der Waals surface area contributed by atoms with Crippen molar-refractivity contribution in [1.29, 1.82) is 0 Å². The van der Waals surface area contributed by atoms with E-state index >= 15 is 0 Å². The molecule has 0 fully saturated rings. The Kier molecular flexibility index (Phi) is 6.38. The summed E-state index contributed by atoms with van der Waals surface area (Å²) >= 11 is 12.4. The van der Waals surface area contributed by atoms with Crippen LogP contribution in [0.25, 0.3) is 22.7 Å². The number of hydrogen-bond donors (Lipinski definition) is 1. The Morgan fingerprint density at radius 1 is 1.18 bits per heavy atom. The molecule has 0 bridgehead atoms. The van der Waals surface area contributed by atoms with Crippen molar-refractivity contribution in [3.8, 4) is 22.7 Å². The van der Waals surface area contributed by atoms with Crippen LogP contribution in [0.3, 0.4) is 0 Å². The fraction of sp³-hybridized carbons (Fsp3) is 0.211. The number of nitrogens with one attached hydrogen (secondary N) is 1. The summed E-state index contributed by atoms with van der Waals surface area (Å²) < 4.78 is 15.2. The van der Waals surface area contributed by atoms with Gasteiger partial charge in [-0.3, -0.25) is 4.98 Å². The van der Waals surface area contributed by atoms with Gasteiger partial charge in [-0.1, -0.05) is 34.4 Å². The highest BCUT2D eigenvalue weighted by Gasteiger charge is 2.15. The molecule has 0 radical (unpaired) electrons. The summed E-state index contributed by atoms with van der Waals surface area (Å²) in [5.74, 6) is 0.440. The lowest BCUT2D eigenvalue weighted by atomic mass is 10.1. The van der Waals surface area contributed by atoms with Crippen LogP contribution in [0.15, 0.2) is 47.1 Å². The number of rotatable bonds is 6. The van der Waals surface area contributed by atoms with E-state index in [0.717, 1.165) is 0 Å². The van der Waals surface area contributed by atoms with Crippen LogP contribution in [-0.2, 0) is 9.47 Å². The van der Waals surface area contributed by atoms with Crippen LogP contribution < -0.4 is 5.32 Å². The Bertz CT molecular complexity index is 955. The quantitative estimate of drug-likeness (QED) is 0.406. The van der Waals surface area contributed by atoms with Gasteiger partial charge < -0.3 is 19.3 Å². The Morgan fingerprint density at radius 3 is 2.64 bits per heavy atom. The molecule has 28 heavy (non-hydrogen) atoms. The van der Waals surface area contributed by atoms with Crippen LogP contribution in [-0.4, -0.2) is 29.1 Å². The Hall–Kier alpha value is -2.77. The van der Waals surface area contributed by atoms with Crippen molar-refractivity contribution < 1.29 is 18.8 Å². The van der Waals surface area contributed by atoms with Gasteiger partial charge in [0.05, 0.1) is 16.1 Å². The highest BCUT2D eigenvalue weighted by atomic mass is 35.5. The second kappa shape index (κ2) is 8.95. The molecule has 0 aliphatic heterocycles. The van der Waals surface area contributed by atoms with Gasteiger partial charge in [0.25, 0.3) is 0 Å². The van der Waals surface area contributed by atoms with Crippen molar-refractivity contribution in [2.24, 2.45) is 0 Å². The fourth-order valence-electron chi connectivity index (χ4n) is 2.34. The molecule has 2 heterocycles. The molecule has 1 N–H and O–H groups in total. The number of anilines is 1. The zero-order chi connectivity index (χ0) is 20.1. The summed E-state index contributed by atoms with van der Waals surface area (Å²) in [5.41, 5.74) is 2.31. The van der Waals surface area contributed by atoms with Crippen LogP contribution >= 0.6 is 23.2 Å². The molecular weight excluding hydrogens is 405 g/mol. The standard InChI is InChI=1S/C19H17Cl2N3O4/c1-11(2)27-19(25)26-10-23-12-6-7-22-15(8-12)17-9-16(24-28-17)18-13(20)4-3-5-14(18)21/h3-9,11H,10H2,1-2H3,(H,22,23). The third kappa shape index (κ3) is 4.94. The topological polar surface area (TPSA) is 86.5 Å². The number of nitrogens with zero attached hydrogens (tertiary/aromatic N) is 2. The normalized spacial score (nSPS) is 10.8. The summed E-state index contributed by atoms with van der Waals surface area (Å²) in [6, 6.07) is 10.4. The lowest BCUT2D eigenvalue weighted by Gasteiger charge is -2.10. The summed E-state index contributed by atoms with van der Waals surface area (Å²) in [6.07, 6.45) is 0.606. The Balaban J connectivity index is 1.71. The molecule has 0 saturated heterocycles. The average molecular weight is 422 g/mol. The number of benzene rings is 1. The molecule has 3 rings (SSSR count). The van der Waals surface area contributed by atoms with E-state index in [2.05, 4.69) is 15.5 Å². The predicted octanol–water partition coefficient (Wildman–Crippen LogP) is 5.64. The third-order valence-corrected chi connectivity index (χ3v) is 4.17. The maximum atomic E-state index is 11.4. The summed E-state index contributed by atoms with van der Waals surface area (Å²) in [5, 5.41) is 7.93. The van der Waals surface area contributed by atoms with Crippen molar-refractivity contribution in [3.63, 3.8) is 0 Å². The molecule has 0 unspecified atom stereocenters. The zero-order valence-electron chi connectivity index (χ0n) is 15.1. The van der Waals surface area contributed by atoms with E-state index < -0.39 is 6.16 Å². The monoisotopic (exact) mass is 421 g/mol. The first-order valence-corrected chi connectivity index (χ1v) is 9.14. The number of carbonyl (C=O) groups excluding carboxylic acids is 1. The molecule has 2 aromatic heterocycles. The van der Waals surface area contributed by atoms with E-state index in [4.69, 9.17) is 37.2 Å². The van der Waals surface area contributed by atoms with Crippen LogP contribution in [0.4, 0.5) is 10.5 Å². The van der Waals surface area contributed by atoms with Crippen molar-refractivity contribution in [2.45, 2.75) is 20.0 Å². The van der Waals surface area contributed by atoms with Crippen molar-refractivity contribution in [1.82, 2.24) is 10.1 Å². The third-order valence-electron chi connectivity index (χ3n) is 3.54. The average Bonchev–Trinajstić information content (AvgIpc) is 3.11. The van der Waals surface area contributed by atoms with Gasteiger partial charge in [-0.25, -0.2) is 4.79 Å². The van der Waals surface area contributed by atoms with Gasteiger partial charge in [0.2, 0.25) is 0 Å². The SMILES string of the molecule is CC(C)OC(=O)OCNc1ccnc(-c2cc(-c3c(Cl)cccc3Cl)no2)c1. The number of pyridine rings is 1. The minimum absolute atomic E-state index is 0.0497. The zero-order valence-corrected chi connectivity index (χ0v) is 16.6. The van der Waals surface area contributed by atoms with Crippen molar-refractivity contribution in [3.05, 3.63) is 52.6 Å². The highest BCUT2D eigenvalue weighted by Crippen LogP contribution is 2.35. The Morgan fingerprint density at radius 2 is 1.93 bits per heavy atom. The highest BCUT2D eigenvalue weighted by molar-refractivity contribution is 6.39. The molecule has 0 aliphatic rings. The molecule has 0 spiro atoms. The molecule has 7 nitrogen and oxygen atoms in total. The first kappa shape index (κ1) is 20.0. The van der Waals surface area contributed by atoms with E-state index in [0.29, 0.717) is 38.4 Å². The fourth-order valence-corrected chi connectivity index (χ4v) is 2.93.